The lowest BCUT2D eigenvalue weighted by Gasteiger charge is -2.28. The van der Waals surface area contributed by atoms with Crippen molar-refractivity contribution in [3.63, 3.8) is 0 Å². The molecule has 1 aromatic heterocycles. The van der Waals surface area contributed by atoms with E-state index in [4.69, 9.17) is 4.74 Å². The number of ether oxygens (including phenoxy) is 1. The Kier molecular flexibility index (Phi) is 5.24. The van der Waals surface area contributed by atoms with Crippen LogP contribution in [0.2, 0.25) is 0 Å². The maximum Gasteiger partial charge on any atom is 0.232 e. The summed E-state index contributed by atoms with van der Waals surface area (Å²) in [6, 6.07) is 15.3. The first-order valence-electron chi connectivity index (χ1n) is 10.1. The first-order valence-corrected chi connectivity index (χ1v) is 11.0. The van der Waals surface area contributed by atoms with Gasteiger partial charge in [0.05, 0.1) is 18.9 Å². The highest BCUT2D eigenvalue weighted by Gasteiger charge is 2.27. The Labute approximate surface area is 173 Å². The number of halogens is 1. The molecule has 1 saturated heterocycles. The van der Waals surface area contributed by atoms with Gasteiger partial charge in [0.2, 0.25) is 5.95 Å². The van der Waals surface area contributed by atoms with Gasteiger partial charge >= 0.3 is 0 Å². The van der Waals surface area contributed by atoms with Crippen molar-refractivity contribution in [2.75, 3.05) is 31.2 Å². The van der Waals surface area contributed by atoms with E-state index in [2.05, 4.69) is 39.4 Å². The molecule has 2 heterocycles. The zero-order valence-corrected chi connectivity index (χ0v) is 16.9. The van der Waals surface area contributed by atoms with Gasteiger partial charge in [-0.05, 0) is 48.6 Å². The first-order chi connectivity index (χ1) is 14.3. The number of thioether (sulfide) groups is 1. The van der Waals surface area contributed by atoms with Gasteiger partial charge in [0.25, 0.3) is 0 Å². The molecule has 1 unspecified atom stereocenters. The summed E-state index contributed by atoms with van der Waals surface area (Å²) in [5.41, 5.74) is 3.55. The number of anilines is 1. The molecule has 0 saturated carbocycles. The van der Waals surface area contributed by atoms with Crippen molar-refractivity contribution in [2.45, 2.75) is 29.7 Å². The Balaban J connectivity index is 1.54. The highest BCUT2D eigenvalue weighted by atomic mass is 32.2. The average molecular weight is 411 g/mol. The highest BCUT2D eigenvalue weighted by molar-refractivity contribution is 7.99. The summed E-state index contributed by atoms with van der Waals surface area (Å²) in [5, 5.41) is 10.2. The third-order valence-electron chi connectivity index (χ3n) is 5.54. The summed E-state index contributed by atoms with van der Waals surface area (Å²) in [6.45, 7) is 2.83. The van der Waals surface area contributed by atoms with Crippen LogP contribution in [0.15, 0.2) is 53.7 Å². The second kappa shape index (κ2) is 8.16. The number of hydrogen-bond donors (Lipinski definition) is 0. The van der Waals surface area contributed by atoms with Crippen molar-refractivity contribution < 1.29 is 9.13 Å². The topological polar surface area (TPSA) is 43.2 Å². The Morgan fingerprint density at radius 2 is 1.90 bits per heavy atom. The Morgan fingerprint density at radius 1 is 1.03 bits per heavy atom. The van der Waals surface area contributed by atoms with E-state index in [1.165, 1.54) is 23.6 Å². The maximum absolute atomic E-state index is 14.0. The molecule has 1 atom stereocenters. The summed E-state index contributed by atoms with van der Waals surface area (Å²) < 4.78 is 21.5. The molecule has 0 radical (unpaired) electrons. The molecule has 0 amide bonds. The molecular weight excluding hydrogens is 387 g/mol. The molecule has 29 heavy (non-hydrogen) atoms. The minimum absolute atomic E-state index is 0.261. The lowest BCUT2D eigenvalue weighted by molar-refractivity contribution is 0.122. The van der Waals surface area contributed by atoms with Crippen LogP contribution in [0.1, 0.15) is 29.2 Å². The number of fused-ring (bicyclic) bond motifs is 1. The number of hydrogen-bond acceptors (Lipinski definition) is 5. The molecule has 0 N–H and O–H groups in total. The van der Waals surface area contributed by atoms with Gasteiger partial charge in [0, 0.05) is 18.3 Å². The number of nitrogens with zero attached hydrogens (tertiary/aromatic N) is 4. The summed E-state index contributed by atoms with van der Waals surface area (Å²) in [5.74, 6) is 0.494. The van der Waals surface area contributed by atoms with E-state index in [9.17, 15) is 4.39 Å². The van der Waals surface area contributed by atoms with Crippen molar-refractivity contribution in [1.82, 2.24) is 14.8 Å². The SMILES string of the molecule is Fc1cccc(-n2c(SC3CCCc4ccccc43)nnc2N2CCOCC2)c1. The summed E-state index contributed by atoms with van der Waals surface area (Å²) >= 11 is 1.73. The summed E-state index contributed by atoms with van der Waals surface area (Å²) in [6.07, 6.45) is 3.40. The van der Waals surface area contributed by atoms with Crippen molar-refractivity contribution in [2.24, 2.45) is 0 Å². The molecule has 1 aliphatic carbocycles. The molecule has 150 valence electrons. The number of aryl methyl sites for hydroxylation is 1. The monoisotopic (exact) mass is 410 g/mol. The van der Waals surface area contributed by atoms with Crippen LogP contribution in [0.3, 0.4) is 0 Å². The van der Waals surface area contributed by atoms with Gasteiger partial charge in [-0.3, -0.25) is 4.57 Å². The molecule has 0 spiro atoms. The quantitative estimate of drug-likeness (QED) is 0.637. The van der Waals surface area contributed by atoms with Crippen LogP contribution in [0.5, 0.6) is 0 Å². The van der Waals surface area contributed by atoms with Gasteiger partial charge in [-0.1, -0.05) is 42.1 Å². The van der Waals surface area contributed by atoms with E-state index >= 15 is 0 Å². The van der Waals surface area contributed by atoms with E-state index in [1.54, 1.807) is 23.9 Å². The van der Waals surface area contributed by atoms with E-state index < -0.39 is 0 Å². The van der Waals surface area contributed by atoms with Gasteiger partial charge in [0.1, 0.15) is 5.82 Å². The fourth-order valence-electron chi connectivity index (χ4n) is 4.11. The third-order valence-corrected chi connectivity index (χ3v) is 6.79. The van der Waals surface area contributed by atoms with E-state index in [-0.39, 0.29) is 5.82 Å². The predicted molar refractivity (Wildman–Crippen MR) is 112 cm³/mol. The zero-order valence-electron chi connectivity index (χ0n) is 16.1. The average Bonchev–Trinajstić information content (AvgIpc) is 3.18. The lowest BCUT2D eigenvalue weighted by atomic mass is 9.91. The number of aromatic nitrogens is 3. The fraction of sp³-hybridized carbons (Fsp3) is 0.364. The molecule has 7 heteroatoms. The first kappa shape index (κ1) is 18.6. The van der Waals surface area contributed by atoms with Gasteiger partial charge in [-0.2, -0.15) is 0 Å². The number of morpholine rings is 1. The molecular formula is C22H23FN4OS. The molecule has 3 aromatic rings. The third kappa shape index (κ3) is 3.76. The molecule has 0 bridgehead atoms. The standard InChI is InChI=1S/C22H23FN4OS/c23-17-7-4-8-18(15-17)27-21(26-11-13-28-14-12-26)24-25-22(27)29-20-10-3-6-16-5-1-2-9-19(16)20/h1-2,4-5,7-9,15,20H,3,6,10-14H2. The number of rotatable bonds is 4. The largest absolute Gasteiger partial charge is 0.378 e. The van der Waals surface area contributed by atoms with Crippen molar-refractivity contribution in [1.29, 1.82) is 0 Å². The summed E-state index contributed by atoms with van der Waals surface area (Å²) in [4.78, 5) is 2.17. The predicted octanol–water partition coefficient (Wildman–Crippen LogP) is 4.41. The Bertz CT molecular complexity index is 1000. The second-order valence-corrected chi connectivity index (χ2v) is 8.56. The van der Waals surface area contributed by atoms with Gasteiger partial charge < -0.3 is 9.64 Å². The minimum atomic E-state index is -0.261. The summed E-state index contributed by atoms with van der Waals surface area (Å²) in [7, 11) is 0. The van der Waals surface area contributed by atoms with Crippen molar-refractivity contribution in [3.05, 3.63) is 65.5 Å². The molecule has 2 aromatic carbocycles. The van der Waals surface area contributed by atoms with E-state index in [1.807, 2.05) is 10.6 Å². The van der Waals surface area contributed by atoms with Gasteiger partial charge in [-0.25, -0.2) is 4.39 Å². The van der Waals surface area contributed by atoms with Crippen LogP contribution in [0.4, 0.5) is 10.3 Å². The van der Waals surface area contributed by atoms with Crippen LogP contribution in [0.25, 0.3) is 5.69 Å². The van der Waals surface area contributed by atoms with Crippen LogP contribution < -0.4 is 4.90 Å². The van der Waals surface area contributed by atoms with E-state index in [0.29, 0.717) is 18.5 Å². The Morgan fingerprint density at radius 3 is 2.76 bits per heavy atom. The molecule has 5 nitrogen and oxygen atoms in total. The van der Waals surface area contributed by atoms with Crippen LogP contribution in [-0.2, 0) is 11.2 Å². The fourth-order valence-corrected chi connectivity index (χ4v) is 5.38. The number of benzene rings is 2. The lowest BCUT2D eigenvalue weighted by Crippen LogP contribution is -2.37. The van der Waals surface area contributed by atoms with Gasteiger partial charge in [0.15, 0.2) is 5.16 Å². The highest BCUT2D eigenvalue weighted by Crippen LogP contribution is 2.44. The maximum atomic E-state index is 14.0. The zero-order chi connectivity index (χ0) is 19.6. The van der Waals surface area contributed by atoms with Crippen LogP contribution >= 0.6 is 11.8 Å². The molecule has 2 aliphatic rings. The smallest absolute Gasteiger partial charge is 0.232 e. The second-order valence-electron chi connectivity index (χ2n) is 7.39. The van der Waals surface area contributed by atoms with Gasteiger partial charge in [-0.15, -0.1) is 10.2 Å². The van der Waals surface area contributed by atoms with Crippen molar-refractivity contribution >= 4 is 17.7 Å². The van der Waals surface area contributed by atoms with Crippen LogP contribution in [-0.4, -0.2) is 41.1 Å². The Hall–Kier alpha value is -2.38. The van der Waals surface area contributed by atoms with E-state index in [0.717, 1.165) is 42.7 Å². The van der Waals surface area contributed by atoms with Crippen molar-refractivity contribution in [3.8, 4) is 5.69 Å². The minimum Gasteiger partial charge on any atom is -0.378 e. The molecule has 5 rings (SSSR count). The normalized spacial score (nSPS) is 19.2. The molecule has 1 aliphatic heterocycles. The molecule has 1 fully saturated rings. The van der Waals surface area contributed by atoms with Crippen LogP contribution in [0, 0.1) is 5.82 Å².